The first-order valence-electron chi connectivity index (χ1n) is 8.84. The van der Waals surface area contributed by atoms with E-state index in [-0.39, 0.29) is 0 Å². The van der Waals surface area contributed by atoms with E-state index in [2.05, 4.69) is 10.00 Å². The van der Waals surface area contributed by atoms with Crippen LogP contribution in [0, 0.1) is 13.8 Å². The van der Waals surface area contributed by atoms with Crippen molar-refractivity contribution in [2.24, 2.45) is 0 Å². The Kier molecular flexibility index (Phi) is 5.72. The summed E-state index contributed by atoms with van der Waals surface area (Å²) in [5.74, 6) is 0. The Balaban J connectivity index is 1.70. The molecule has 3 rings (SSSR count). The fourth-order valence-electron chi connectivity index (χ4n) is 3.51. The van der Waals surface area contributed by atoms with Crippen LogP contribution in [0.4, 0.5) is 0 Å². The number of hydrogen-bond donors (Lipinski definition) is 0. The van der Waals surface area contributed by atoms with Crippen LogP contribution in [0.15, 0.2) is 29.2 Å². The molecule has 2 heterocycles. The molecule has 1 fully saturated rings. The van der Waals surface area contributed by atoms with Gasteiger partial charge in [-0.3, -0.25) is 9.58 Å². The highest BCUT2D eigenvalue weighted by Gasteiger charge is 2.33. The van der Waals surface area contributed by atoms with Crippen LogP contribution in [0.3, 0.4) is 0 Å². The van der Waals surface area contributed by atoms with E-state index in [4.69, 9.17) is 11.6 Å². The first-order valence-corrected chi connectivity index (χ1v) is 10.7. The summed E-state index contributed by atoms with van der Waals surface area (Å²) in [6, 6.07) is 7.80. The van der Waals surface area contributed by atoms with Crippen molar-refractivity contribution < 1.29 is 8.42 Å². The van der Waals surface area contributed by atoms with Gasteiger partial charge < -0.3 is 0 Å². The number of nitrogens with zero attached hydrogens (tertiary/aromatic N) is 4. The lowest BCUT2D eigenvalue weighted by Crippen LogP contribution is -2.48. The van der Waals surface area contributed by atoms with Crippen LogP contribution < -0.4 is 0 Å². The molecule has 1 aromatic heterocycles. The minimum absolute atomic E-state index is 0.364. The number of sulfonamides is 1. The highest BCUT2D eigenvalue weighted by Crippen LogP contribution is 2.25. The van der Waals surface area contributed by atoms with E-state index in [1.54, 1.807) is 15.9 Å². The van der Waals surface area contributed by atoms with Gasteiger partial charge in [-0.05, 0) is 38.5 Å². The van der Waals surface area contributed by atoms with Crippen LogP contribution in [-0.4, -0.2) is 53.6 Å². The SMILES string of the molecule is CCn1nc(C)c(S(=O)(=O)N2CCN(Cc3cccc(Cl)c3)CC2)c1C. The van der Waals surface area contributed by atoms with E-state index < -0.39 is 10.0 Å². The maximum Gasteiger partial charge on any atom is 0.246 e. The molecular weight excluding hydrogens is 372 g/mol. The molecule has 0 saturated carbocycles. The normalized spacial score (nSPS) is 16.9. The summed E-state index contributed by atoms with van der Waals surface area (Å²) in [4.78, 5) is 2.62. The molecule has 0 aliphatic carbocycles. The molecule has 6 nitrogen and oxygen atoms in total. The Morgan fingerprint density at radius 1 is 1.15 bits per heavy atom. The van der Waals surface area contributed by atoms with Crippen molar-refractivity contribution in [2.75, 3.05) is 26.2 Å². The van der Waals surface area contributed by atoms with Gasteiger partial charge in [-0.15, -0.1) is 0 Å². The minimum atomic E-state index is -3.51. The van der Waals surface area contributed by atoms with Gasteiger partial charge in [0.1, 0.15) is 4.90 Å². The molecule has 0 spiro atoms. The van der Waals surface area contributed by atoms with E-state index in [0.717, 1.165) is 17.1 Å². The van der Waals surface area contributed by atoms with Gasteiger partial charge in [-0.1, -0.05) is 23.7 Å². The summed E-state index contributed by atoms with van der Waals surface area (Å²) in [5.41, 5.74) is 2.43. The molecule has 0 bridgehead atoms. The van der Waals surface area contributed by atoms with Gasteiger partial charge in [0.05, 0.1) is 11.4 Å². The minimum Gasteiger partial charge on any atom is -0.296 e. The first kappa shape index (κ1) is 19.4. The molecule has 0 radical (unpaired) electrons. The van der Waals surface area contributed by atoms with E-state index in [9.17, 15) is 8.42 Å². The van der Waals surface area contributed by atoms with Crippen molar-refractivity contribution in [3.05, 3.63) is 46.2 Å². The Morgan fingerprint density at radius 2 is 1.85 bits per heavy atom. The zero-order chi connectivity index (χ0) is 18.9. The molecule has 142 valence electrons. The molecule has 0 unspecified atom stereocenters. The quantitative estimate of drug-likeness (QED) is 0.779. The van der Waals surface area contributed by atoms with Gasteiger partial charge in [0.15, 0.2) is 0 Å². The number of aryl methyl sites for hydroxylation is 2. The molecule has 8 heteroatoms. The van der Waals surface area contributed by atoms with Crippen LogP contribution >= 0.6 is 11.6 Å². The lowest BCUT2D eigenvalue weighted by molar-refractivity contribution is 0.181. The summed E-state index contributed by atoms with van der Waals surface area (Å²) in [5, 5.41) is 5.08. The molecule has 26 heavy (non-hydrogen) atoms. The lowest BCUT2D eigenvalue weighted by atomic mass is 10.2. The zero-order valence-corrected chi connectivity index (χ0v) is 17.0. The van der Waals surface area contributed by atoms with Gasteiger partial charge >= 0.3 is 0 Å². The monoisotopic (exact) mass is 396 g/mol. The molecule has 1 aliphatic heterocycles. The molecular formula is C18H25ClN4O2S. The van der Waals surface area contributed by atoms with Crippen molar-refractivity contribution in [3.63, 3.8) is 0 Å². The summed E-state index contributed by atoms with van der Waals surface area (Å²) < 4.78 is 29.5. The van der Waals surface area contributed by atoms with E-state index >= 15 is 0 Å². The fraction of sp³-hybridized carbons (Fsp3) is 0.500. The van der Waals surface area contributed by atoms with Gasteiger partial charge in [0.2, 0.25) is 10.0 Å². The van der Waals surface area contributed by atoms with Crippen molar-refractivity contribution in [3.8, 4) is 0 Å². The second-order valence-electron chi connectivity index (χ2n) is 6.63. The number of benzene rings is 1. The average molecular weight is 397 g/mol. The fourth-order valence-corrected chi connectivity index (χ4v) is 5.52. The van der Waals surface area contributed by atoms with Gasteiger partial charge in [0.25, 0.3) is 0 Å². The van der Waals surface area contributed by atoms with Crippen LogP contribution in [0.1, 0.15) is 23.9 Å². The first-order chi connectivity index (χ1) is 12.3. The third kappa shape index (κ3) is 3.81. The van der Waals surface area contributed by atoms with Crippen LogP contribution in [-0.2, 0) is 23.1 Å². The summed E-state index contributed by atoms with van der Waals surface area (Å²) >= 11 is 6.04. The Hall–Kier alpha value is -1.41. The smallest absolute Gasteiger partial charge is 0.246 e. The lowest BCUT2D eigenvalue weighted by Gasteiger charge is -2.34. The number of rotatable bonds is 5. The predicted octanol–water partition coefficient (Wildman–Crippen LogP) is 2.68. The molecule has 0 N–H and O–H groups in total. The third-order valence-corrected chi connectivity index (χ3v) is 7.23. The number of piperazine rings is 1. The molecule has 1 aromatic carbocycles. The molecule has 0 amide bonds. The highest BCUT2D eigenvalue weighted by atomic mass is 35.5. The van der Waals surface area contributed by atoms with Gasteiger partial charge in [0, 0.05) is 44.3 Å². The van der Waals surface area contributed by atoms with E-state index in [1.165, 1.54) is 0 Å². The zero-order valence-electron chi connectivity index (χ0n) is 15.4. The molecule has 1 aliphatic rings. The van der Waals surface area contributed by atoms with Crippen LogP contribution in [0.5, 0.6) is 0 Å². The van der Waals surface area contributed by atoms with Gasteiger partial charge in [-0.2, -0.15) is 9.40 Å². The topological polar surface area (TPSA) is 58.4 Å². The summed E-state index contributed by atoms with van der Waals surface area (Å²) in [6.07, 6.45) is 0. The maximum atomic E-state index is 13.1. The molecule has 0 atom stereocenters. The Morgan fingerprint density at radius 3 is 2.42 bits per heavy atom. The molecule has 2 aromatic rings. The number of hydrogen-bond acceptors (Lipinski definition) is 4. The predicted molar refractivity (Wildman–Crippen MR) is 103 cm³/mol. The second kappa shape index (κ2) is 7.68. The van der Waals surface area contributed by atoms with E-state index in [1.807, 2.05) is 38.1 Å². The second-order valence-corrected chi connectivity index (χ2v) is 8.94. The summed E-state index contributed by atoms with van der Waals surface area (Å²) in [6.45, 7) is 9.36. The summed E-state index contributed by atoms with van der Waals surface area (Å²) in [7, 11) is -3.51. The van der Waals surface area contributed by atoms with Crippen molar-refractivity contribution in [2.45, 2.75) is 38.8 Å². The van der Waals surface area contributed by atoms with E-state index in [0.29, 0.717) is 49.0 Å². The molecule has 1 saturated heterocycles. The number of halogens is 1. The van der Waals surface area contributed by atoms with Crippen molar-refractivity contribution >= 4 is 21.6 Å². The Bertz CT molecular complexity index is 887. The Labute approximate surface area is 160 Å². The van der Waals surface area contributed by atoms with Gasteiger partial charge in [-0.25, -0.2) is 8.42 Å². The number of aromatic nitrogens is 2. The largest absolute Gasteiger partial charge is 0.296 e. The van der Waals surface area contributed by atoms with Crippen LogP contribution in [0.2, 0.25) is 5.02 Å². The maximum absolute atomic E-state index is 13.1. The third-order valence-electron chi connectivity index (χ3n) is 4.84. The average Bonchev–Trinajstić information content (AvgIpc) is 2.89. The highest BCUT2D eigenvalue weighted by molar-refractivity contribution is 7.89. The standard InChI is InChI=1S/C18H25ClN4O2S/c1-4-23-15(3)18(14(2)20-23)26(24,25)22-10-8-21(9-11-22)13-16-6-5-7-17(19)12-16/h5-7,12H,4,8-11,13H2,1-3H3. The van der Waals surface area contributed by atoms with Crippen LogP contribution in [0.25, 0.3) is 0 Å². The van der Waals surface area contributed by atoms with Crippen molar-refractivity contribution in [1.29, 1.82) is 0 Å². The van der Waals surface area contributed by atoms with Crippen molar-refractivity contribution in [1.82, 2.24) is 19.0 Å².